The van der Waals surface area contributed by atoms with Crippen molar-refractivity contribution in [3.63, 3.8) is 0 Å². The molecule has 2 aromatic carbocycles. The van der Waals surface area contributed by atoms with E-state index in [0.29, 0.717) is 0 Å². The van der Waals surface area contributed by atoms with Crippen molar-refractivity contribution in [2.24, 2.45) is 0 Å². The third-order valence-corrected chi connectivity index (χ3v) is 6.75. The second-order valence-corrected chi connectivity index (χ2v) is 8.94. The molecule has 0 amide bonds. The molecule has 1 aromatic heterocycles. The normalized spacial score (nSPS) is 17.5. The summed E-state index contributed by atoms with van der Waals surface area (Å²) in [7, 11) is 0. The molecule has 0 fully saturated rings. The van der Waals surface area contributed by atoms with E-state index in [1.165, 1.54) is 56.1 Å². The third kappa shape index (κ3) is 3.87. The minimum absolute atomic E-state index is 0.272. The molecular weight excluding hydrogens is 400 g/mol. The van der Waals surface area contributed by atoms with E-state index in [1.54, 1.807) is 0 Å². The van der Waals surface area contributed by atoms with Crippen molar-refractivity contribution in [2.75, 3.05) is 0 Å². The Morgan fingerprint density at radius 3 is 2.61 bits per heavy atom. The smallest absolute Gasteiger partial charge is 0.203 e. The van der Waals surface area contributed by atoms with Gasteiger partial charge >= 0.3 is 0 Å². The summed E-state index contributed by atoms with van der Waals surface area (Å²) in [5.41, 5.74) is 12.9. The Morgan fingerprint density at radius 1 is 1.00 bits per heavy atom. The van der Waals surface area contributed by atoms with Crippen LogP contribution < -0.4 is 0 Å². The van der Waals surface area contributed by atoms with Crippen LogP contribution in [0, 0.1) is 6.92 Å². The van der Waals surface area contributed by atoms with Crippen molar-refractivity contribution in [3.05, 3.63) is 119 Å². The lowest BCUT2D eigenvalue weighted by Gasteiger charge is -2.22. The summed E-state index contributed by atoms with van der Waals surface area (Å²) in [6.07, 6.45) is 14.3. The molecule has 1 atom stereocenters. The standard InChI is InChI=1S/C31H31N2/c1-5-9-23(6-2)24-14-15-27-26(20-33-22(4)13-17-31(33)29(27)19-24)18-25-10-7-8-11-28(25)30-16-12-21(3)32-30/h5-17,19-20,31-32H,18H2,1-4H3/q+1/b9-5-,23-6+. The highest BCUT2D eigenvalue weighted by atomic mass is 15.0. The number of benzene rings is 2. The van der Waals surface area contributed by atoms with Gasteiger partial charge in [0.1, 0.15) is 0 Å². The number of rotatable bonds is 5. The highest BCUT2D eigenvalue weighted by molar-refractivity contribution is 5.91. The zero-order chi connectivity index (χ0) is 22.9. The van der Waals surface area contributed by atoms with Gasteiger partial charge in [0.15, 0.2) is 11.9 Å². The number of aromatic amines is 1. The van der Waals surface area contributed by atoms with Gasteiger partial charge in [0.2, 0.25) is 6.04 Å². The topological polar surface area (TPSA) is 18.8 Å². The molecule has 1 unspecified atom stereocenters. The zero-order valence-electron chi connectivity index (χ0n) is 19.9. The number of nitrogens with zero attached hydrogens (tertiary/aromatic N) is 1. The van der Waals surface area contributed by atoms with Crippen molar-refractivity contribution in [1.82, 2.24) is 4.98 Å². The van der Waals surface area contributed by atoms with Crippen LogP contribution in [-0.2, 0) is 6.42 Å². The molecule has 3 aromatic rings. The molecule has 0 saturated carbocycles. The molecular formula is C31H31N2+. The second-order valence-electron chi connectivity index (χ2n) is 8.94. The molecule has 3 heterocycles. The van der Waals surface area contributed by atoms with Crippen LogP contribution in [0.5, 0.6) is 0 Å². The average Bonchev–Trinajstić information content (AvgIpc) is 3.43. The van der Waals surface area contributed by atoms with E-state index in [9.17, 15) is 0 Å². The fourth-order valence-corrected chi connectivity index (χ4v) is 5.06. The van der Waals surface area contributed by atoms with Gasteiger partial charge in [0, 0.05) is 47.5 Å². The van der Waals surface area contributed by atoms with Crippen LogP contribution in [0.4, 0.5) is 0 Å². The Morgan fingerprint density at radius 2 is 1.85 bits per heavy atom. The first-order valence-electron chi connectivity index (χ1n) is 11.8. The lowest BCUT2D eigenvalue weighted by Crippen LogP contribution is -2.19. The molecule has 0 spiro atoms. The minimum atomic E-state index is 0.272. The maximum absolute atomic E-state index is 3.51. The molecule has 0 radical (unpaired) electrons. The van der Waals surface area contributed by atoms with Crippen LogP contribution in [0.2, 0.25) is 0 Å². The summed E-state index contributed by atoms with van der Waals surface area (Å²) in [5.74, 6) is 0. The molecule has 33 heavy (non-hydrogen) atoms. The SMILES string of the molecule is C/C=C\C(=C/C)c1ccc2c(c1)C1C=CC(C)=[N+]1C=C2Cc1ccccc1-c1ccc(C)[nH]1. The van der Waals surface area contributed by atoms with E-state index in [2.05, 4.69) is 128 Å². The summed E-state index contributed by atoms with van der Waals surface area (Å²) >= 11 is 0. The predicted octanol–water partition coefficient (Wildman–Crippen LogP) is 7.65. The lowest BCUT2D eigenvalue weighted by molar-refractivity contribution is -0.489. The molecule has 2 nitrogen and oxygen atoms in total. The summed E-state index contributed by atoms with van der Waals surface area (Å²) in [5, 5.41) is 0. The summed E-state index contributed by atoms with van der Waals surface area (Å²) in [4.78, 5) is 3.51. The van der Waals surface area contributed by atoms with Gasteiger partial charge in [0.05, 0.1) is 0 Å². The number of aromatic nitrogens is 1. The maximum Gasteiger partial charge on any atom is 0.203 e. The van der Waals surface area contributed by atoms with Crippen LogP contribution in [0.1, 0.15) is 54.8 Å². The van der Waals surface area contributed by atoms with Crippen LogP contribution in [0.3, 0.4) is 0 Å². The van der Waals surface area contributed by atoms with Gasteiger partial charge in [-0.1, -0.05) is 54.6 Å². The van der Waals surface area contributed by atoms with Gasteiger partial charge in [-0.25, -0.2) is 0 Å². The van der Waals surface area contributed by atoms with E-state index in [0.717, 1.165) is 6.42 Å². The zero-order valence-corrected chi connectivity index (χ0v) is 19.9. The monoisotopic (exact) mass is 431 g/mol. The Labute approximate surface area is 197 Å². The summed E-state index contributed by atoms with van der Waals surface area (Å²) in [6.45, 7) is 8.49. The third-order valence-electron chi connectivity index (χ3n) is 6.75. The Balaban J connectivity index is 1.61. The average molecular weight is 432 g/mol. The highest BCUT2D eigenvalue weighted by Crippen LogP contribution is 2.39. The van der Waals surface area contributed by atoms with Crippen LogP contribution in [0.25, 0.3) is 22.4 Å². The quantitative estimate of drug-likeness (QED) is 0.316. The van der Waals surface area contributed by atoms with Gasteiger partial charge in [-0.15, -0.1) is 0 Å². The molecule has 1 N–H and O–H groups in total. The van der Waals surface area contributed by atoms with Gasteiger partial charge in [-0.3, -0.25) is 0 Å². The Hall–Kier alpha value is -3.65. The number of allylic oxidation sites excluding steroid dienone is 6. The molecule has 2 aliphatic heterocycles. The molecule has 0 saturated heterocycles. The molecule has 5 rings (SSSR count). The summed E-state index contributed by atoms with van der Waals surface area (Å²) in [6, 6.07) is 20.3. The van der Waals surface area contributed by atoms with Crippen LogP contribution in [-0.4, -0.2) is 15.3 Å². The van der Waals surface area contributed by atoms with Crippen molar-refractivity contribution in [3.8, 4) is 11.3 Å². The van der Waals surface area contributed by atoms with E-state index in [4.69, 9.17) is 0 Å². The fraction of sp³-hybridized carbons (Fsp3) is 0.194. The molecule has 0 aliphatic carbocycles. The first-order chi connectivity index (χ1) is 16.1. The Bertz CT molecular complexity index is 1370. The van der Waals surface area contributed by atoms with Crippen molar-refractivity contribution in [2.45, 2.75) is 40.2 Å². The van der Waals surface area contributed by atoms with E-state index in [-0.39, 0.29) is 6.04 Å². The number of H-pyrrole nitrogens is 1. The van der Waals surface area contributed by atoms with Crippen LogP contribution >= 0.6 is 0 Å². The lowest BCUT2D eigenvalue weighted by atomic mass is 9.85. The van der Waals surface area contributed by atoms with Crippen molar-refractivity contribution < 1.29 is 4.58 Å². The summed E-state index contributed by atoms with van der Waals surface area (Å²) < 4.78 is 2.42. The molecule has 164 valence electrons. The first-order valence-corrected chi connectivity index (χ1v) is 11.8. The predicted molar refractivity (Wildman–Crippen MR) is 140 cm³/mol. The molecule has 2 heteroatoms. The van der Waals surface area contributed by atoms with E-state index >= 15 is 0 Å². The number of nitrogens with one attached hydrogen (secondary N) is 1. The van der Waals surface area contributed by atoms with Gasteiger partial charge in [0.25, 0.3) is 0 Å². The largest absolute Gasteiger partial charge is 0.359 e. The minimum Gasteiger partial charge on any atom is -0.359 e. The second kappa shape index (κ2) is 8.71. The molecule has 0 bridgehead atoms. The number of fused-ring (bicyclic) bond motifs is 3. The Kier molecular flexibility index (Phi) is 5.60. The van der Waals surface area contributed by atoms with Gasteiger partial charge in [-0.2, -0.15) is 4.58 Å². The van der Waals surface area contributed by atoms with Crippen LogP contribution in [0.15, 0.2) is 91.2 Å². The van der Waals surface area contributed by atoms with E-state index in [1.807, 2.05) is 0 Å². The van der Waals surface area contributed by atoms with Gasteiger partial charge in [-0.05, 0) is 67.3 Å². The fourth-order valence-electron chi connectivity index (χ4n) is 5.06. The first kappa shape index (κ1) is 21.2. The van der Waals surface area contributed by atoms with Gasteiger partial charge < -0.3 is 4.98 Å². The van der Waals surface area contributed by atoms with Crippen molar-refractivity contribution >= 4 is 16.9 Å². The van der Waals surface area contributed by atoms with Crippen molar-refractivity contribution in [1.29, 1.82) is 0 Å². The molecule has 2 aliphatic rings. The number of hydrogen-bond acceptors (Lipinski definition) is 0. The number of hydrogen-bond donors (Lipinski definition) is 1. The maximum atomic E-state index is 3.51. The van der Waals surface area contributed by atoms with E-state index < -0.39 is 0 Å². The highest BCUT2D eigenvalue weighted by Gasteiger charge is 2.34. The number of aryl methyl sites for hydroxylation is 1.